The number of amides is 1. The maximum Gasteiger partial charge on any atom is 0.252 e. The molecule has 3 N–H and O–H groups in total. The van der Waals surface area contributed by atoms with Crippen molar-refractivity contribution in [2.45, 2.75) is 6.54 Å². The zero-order chi connectivity index (χ0) is 15.6. The van der Waals surface area contributed by atoms with Gasteiger partial charge in [-0.3, -0.25) is 10.2 Å². The summed E-state index contributed by atoms with van der Waals surface area (Å²) in [5, 5.41) is 8.23. The minimum absolute atomic E-state index is 0. The first kappa shape index (κ1) is 18.2. The van der Waals surface area contributed by atoms with Crippen molar-refractivity contribution in [2.75, 3.05) is 7.11 Å². The van der Waals surface area contributed by atoms with Crippen molar-refractivity contribution in [1.82, 2.24) is 4.57 Å². The molecule has 0 aliphatic heterocycles. The van der Waals surface area contributed by atoms with Crippen LogP contribution in [0.4, 0.5) is 4.39 Å². The van der Waals surface area contributed by atoms with Crippen LogP contribution in [0.3, 0.4) is 0 Å². The fraction of sp³-hybridized carbons (Fsp3) is 0.143. The van der Waals surface area contributed by atoms with Crippen LogP contribution in [0.5, 0.6) is 5.75 Å². The summed E-state index contributed by atoms with van der Waals surface area (Å²) in [5.41, 5.74) is 5.63. The number of carbonyl (C=O) groups excluding carboxylic acids is 1. The number of nitrogens with zero attached hydrogens (tertiary/aromatic N) is 1. The van der Waals surface area contributed by atoms with Gasteiger partial charge in [-0.05, 0) is 24.3 Å². The molecule has 0 saturated heterocycles. The highest BCUT2D eigenvalue weighted by atomic mass is 79.9. The van der Waals surface area contributed by atoms with Crippen LogP contribution in [-0.2, 0) is 6.54 Å². The number of carbonyl (C=O) groups is 1. The Morgan fingerprint density at radius 3 is 2.73 bits per heavy atom. The Bertz CT molecular complexity index is 764. The minimum atomic E-state index is -0.748. The Hall–Kier alpha value is -1.86. The standard InChI is InChI=1S/C14H13ClFN3O2.BrH/c1-21-12-3-2-10(16)4-8(12)6-19-7-9(15)5-11(13(19)17)14(18)20;/h2-5,7,17H,6H2,1H3,(H2,18,20);1H. The Morgan fingerprint density at radius 1 is 1.45 bits per heavy atom. The first-order valence-corrected chi connectivity index (χ1v) is 6.37. The third-order valence-corrected chi connectivity index (χ3v) is 3.16. The second-order valence-electron chi connectivity index (χ2n) is 4.37. The summed E-state index contributed by atoms with van der Waals surface area (Å²) < 4.78 is 19.9. The predicted octanol–water partition coefficient (Wildman–Crippen LogP) is 2.49. The first-order chi connectivity index (χ1) is 9.92. The lowest BCUT2D eigenvalue weighted by atomic mass is 10.2. The van der Waals surface area contributed by atoms with Crippen LogP contribution in [0.15, 0.2) is 30.5 Å². The third kappa shape index (κ3) is 3.86. The van der Waals surface area contributed by atoms with E-state index in [-0.39, 0.29) is 39.6 Å². The van der Waals surface area contributed by atoms with Crippen LogP contribution < -0.4 is 16.0 Å². The summed E-state index contributed by atoms with van der Waals surface area (Å²) in [5.74, 6) is -0.693. The van der Waals surface area contributed by atoms with E-state index in [1.165, 1.54) is 42.1 Å². The van der Waals surface area contributed by atoms with Gasteiger partial charge in [0.25, 0.3) is 5.91 Å². The number of halogens is 3. The van der Waals surface area contributed by atoms with Gasteiger partial charge in [0.05, 0.1) is 24.2 Å². The van der Waals surface area contributed by atoms with Crippen molar-refractivity contribution < 1.29 is 13.9 Å². The smallest absolute Gasteiger partial charge is 0.252 e. The number of nitrogens with two attached hydrogens (primary N) is 1. The number of hydrogen-bond donors (Lipinski definition) is 2. The molecule has 0 unspecified atom stereocenters. The summed E-state index contributed by atoms with van der Waals surface area (Å²) in [6.45, 7) is 0.126. The van der Waals surface area contributed by atoms with Crippen LogP contribution >= 0.6 is 28.6 Å². The number of benzene rings is 1. The van der Waals surface area contributed by atoms with E-state index in [2.05, 4.69) is 0 Å². The molecular formula is C14H14BrClFN3O2. The SMILES string of the molecule is Br.COc1ccc(F)cc1Cn1cc(Cl)cc(C(N)=O)c1=N. The van der Waals surface area contributed by atoms with Crippen molar-refractivity contribution in [2.24, 2.45) is 5.73 Å². The van der Waals surface area contributed by atoms with E-state index in [4.69, 9.17) is 27.5 Å². The molecule has 2 rings (SSSR count). The van der Waals surface area contributed by atoms with Crippen LogP contribution in [0.2, 0.25) is 5.02 Å². The molecule has 0 bridgehead atoms. The van der Waals surface area contributed by atoms with Gasteiger partial charge in [0, 0.05) is 11.8 Å². The van der Waals surface area contributed by atoms with Gasteiger partial charge in [0.2, 0.25) is 0 Å². The largest absolute Gasteiger partial charge is 0.496 e. The van der Waals surface area contributed by atoms with Gasteiger partial charge >= 0.3 is 0 Å². The third-order valence-electron chi connectivity index (χ3n) is 2.95. The van der Waals surface area contributed by atoms with Crippen LogP contribution in [0, 0.1) is 11.2 Å². The highest BCUT2D eigenvalue weighted by molar-refractivity contribution is 8.93. The summed E-state index contributed by atoms with van der Waals surface area (Å²) in [4.78, 5) is 11.3. The molecule has 0 atom stereocenters. The zero-order valence-electron chi connectivity index (χ0n) is 11.6. The number of ether oxygens (including phenoxy) is 1. The first-order valence-electron chi connectivity index (χ1n) is 5.99. The number of rotatable bonds is 4. The molecule has 0 aliphatic carbocycles. The van der Waals surface area contributed by atoms with Gasteiger partial charge in [0.15, 0.2) is 0 Å². The van der Waals surface area contributed by atoms with E-state index in [0.717, 1.165) is 0 Å². The van der Waals surface area contributed by atoms with E-state index < -0.39 is 11.7 Å². The van der Waals surface area contributed by atoms with Crippen molar-refractivity contribution >= 4 is 34.5 Å². The topological polar surface area (TPSA) is 81.1 Å². The monoisotopic (exact) mass is 389 g/mol. The van der Waals surface area contributed by atoms with Gasteiger partial charge in [-0.2, -0.15) is 0 Å². The molecule has 2 aromatic rings. The zero-order valence-corrected chi connectivity index (χ0v) is 14.1. The fourth-order valence-corrected chi connectivity index (χ4v) is 2.21. The molecule has 1 amide bonds. The van der Waals surface area contributed by atoms with E-state index in [1.54, 1.807) is 0 Å². The predicted molar refractivity (Wildman–Crippen MR) is 86.2 cm³/mol. The number of methoxy groups -OCH3 is 1. The quantitative estimate of drug-likeness (QED) is 0.841. The molecule has 1 aromatic heterocycles. The number of nitrogens with one attached hydrogen (secondary N) is 1. The molecule has 0 fully saturated rings. The molecule has 0 aliphatic rings. The Morgan fingerprint density at radius 2 is 2.14 bits per heavy atom. The summed E-state index contributed by atoms with van der Waals surface area (Å²) in [6, 6.07) is 5.40. The lowest BCUT2D eigenvalue weighted by molar-refractivity contribution is 0.0998. The van der Waals surface area contributed by atoms with Gasteiger partial charge in [0.1, 0.15) is 17.1 Å². The fourth-order valence-electron chi connectivity index (χ4n) is 1.98. The van der Waals surface area contributed by atoms with Crippen molar-refractivity contribution in [1.29, 1.82) is 5.41 Å². The summed E-state index contributed by atoms with van der Waals surface area (Å²) in [7, 11) is 1.47. The van der Waals surface area contributed by atoms with Gasteiger partial charge in [-0.15, -0.1) is 17.0 Å². The molecule has 0 radical (unpaired) electrons. The average Bonchev–Trinajstić information content (AvgIpc) is 2.42. The molecule has 0 saturated carbocycles. The molecule has 1 aromatic carbocycles. The lowest BCUT2D eigenvalue weighted by Crippen LogP contribution is -2.29. The minimum Gasteiger partial charge on any atom is -0.496 e. The molecule has 1 heterocycles. The summed E-state index contributed by atoms with van der Waals surface area (Å²) in [6.07, 6.45) is 1.47. The Balaban J connectivity index is 0.00000242. The molecule has 0 spiro atoms. The normalized spacial score (nSPS) is 9.95. The van der Waals surface area contributed by atoms with E-state index >= 15 is 0 Å². The second-order valence-corrected chi connectivity index (χ2v) is 4.81. The molecule has 8 heteroatoms. The maximum atomic E-state index is 13.4. The van der Waals surface area contributed by atoms with Gasteiger partial charge in [-0.1, -0.05) is 11.6 Å². The Labute approximate surface area is 141 Å². The summed E-state index contributed by atoms with van der Waals surface area (Å²) >= 11 is 5.92. The van der Waals surface area contributed by atoms with Crippen LogP contribution in [-0.4, -0.2) is 17.6 Å². The van der Waals surface area contributed by atoms with Gasteiger partial charge in [-0.25, -0.2) is 4.39 Å². The van der Waals surface area contributed by atoms with Crippen molar-refractivity contribution in [3.8, 4) is 5.75 Å². The van der Waals surface area contributed by atoms with Crippen molar-refractivity contribution in [3.05, 3.63) is 57.9 Å². The molecular weight excluding hydrogens is 377 g/mol. The van der Waals surface area contributed by atoms with E-state index in [0.29, 0.717) is 11.3 Å². The number of primary amides is 1. The molecule has 118 valence electrons. The average molecular weight is 391 g/mol. The lowest BCUT2D eigenvalue weighted by Gasteiger charge is -2.13. The van der Waals surface area contributed by atoms with E-state index in [1.807, 2.05) is 0 Å². The number of pyridine rings is 1. The van der Waals surface area contributed by atoms with Crippen molar-refractivity contribution in [3.63, 3.8) is 0 Å². The maximum absolute atomic E-state index is 13.4. The molecule has 22 heavy (non-hydrogen) atoms. The van der Waals surface area contributed by atoms with Gasteiger partial charge < -0.3 is 15.0 Å². The Kier molecular flexibility index (Phi) is 6.13. The highest BCUT2D eigenvalue weighted by Crippen LogP contribution is 2.20. The highest BCUT2D eigenvalue weighted by Gasteiger charge is 2.11. The number of aromatic nitrogens is 1. The molecule has 5 nitrogen and oxygen atoms in total. The number of hydrogen-bond acceptors (Lipinski definition) is 3. The van der Waals surface area contributed by atoms with Crippen LogP contribution in [0.1, 0.15) is 15.9 Å². The second kappa shape index (κ2) is 7.42. The van der Waals surface area contributed by atoms with Crippen LogP contribution in [0.25, 0.3) is 0 Å². The van der Waals surface area contributed by atoms with E-state index in [9.17, 15) is 9.18 Å².